The third-order valence-corrected chi connectivity index (χ3v) is 1.83. The molecule has 0 heterocycles. The first kappa shape index (κ1) is 7.25. The molecule has 0 amide bonds. The Kier molecular flexibility index (Phi) is 2.62. The quantitative estimate of drug-likeness (QED) is 0.294. The third-order valence-electron chi connectivity index (χ3n) is 1.18. The van der Waals surface area contributed by atoms with Crippen molar-refractivity contribution in [1.29, 1.82) is 0 Å². The Balaban J connectivity index is 3.36. The van der Waals surface area contributed by atoms with Crippen LogP contribution in [-0.2, 0) is 0 Å². The molecule has 44 valence electrons. The lowest BCUT2D eigenvalue weighted by Gasteiger charge is -2.24. The first-order valence-corrected chi connectivity index (χ1v) is 3.04. The van der Waals surface area contributed by atoms with Crippen LogP contribution in [0.25, 0.3) is 0 Å². The molecule has 0 N–H and O–H groups in total. The Hall–Kier alpha value is 0.250. The maximum absolute atomic E-state index is 5.57. The molecule has 0 rings (SSSR count). The van der Waals surface area contributed by atoms with Crippen molar-refractivity contribution in [3.63, 3.8) is 0 Å². The number of alkyl halides is 1. The summed E-state index contributed by atoms with van der Waals surface area (Å²) in [6, 6.07) is 0.705. The van der Waals surface area contributed by atoms with E-state index >= 15 is 0 Å². The predicted octanol–water partition coefficient (Wildman–Crippen LogP) is 1.28. The minimum absolute atomic E-state index is 0.705. The summed E-state index contributed by atoms with van der Waals surface area (Å²) >= 11 is 5.57. The van der Waals surface area contributed by atoms with E-state index in [-0.39, 0.29) is 0 Å². The van der Waals surface area contributed by atoms with Crippen molar-refractivity contribution in [2.75, 3.05) is 26.6 Å². The van der Waals surface area contributed by atoms with E-state index in [9.17, 15) is 0 Å². The third kappa shape index (κ3) is 2.89. The van der Waals surface area contributed by atoms with E-state index < -0.39 is 0 Å². The summed E-state index contributed by atoms with van der Waals surface area (Å²) in [6.45, 7) is 3.23. The molecule has 0 unspecified atom stereocenters. The topological polar surface area (TPSA) is 0 Å². The second kappa shape index (κ2) is 2.53. The molecule has 0 saturated heterocycles. The Bertz CT molecular complexity index is 46.0. The normalized spacial score (nSPS) is 12.0. The molecule has 0 bridgehead atoms. The highest BCUT2D eigenvalue weighted by Crippen LogP contribution is 1.95. The lowest BCUT2D eigenvalue weighted by atomic mass is 10.6. The second-order valence-corrected chi connectivity index (χ2v) is 2.61. The van der Waals surface area contributed by atoms with Gasteiger partial charge in [-0.3, -0.25) is 0 Å². The van der Waals surface area contributed by atoms with Gasteiger partial charge in [0.05, 0.1) is 20.6 Å². The summed E-state index contributed by atoms with van der Waals surface area (Å²) in [4.78, 5) is 0. The van der Waals surface area contributed by atoms with E-state index in [0.717, 1.165) is 11.0 Å². The van der Waals surface area contributed by atoms with Gasteiger partial charge >= 0.3 is 0 Å². The zero-order valence-electron chi connectivity index (χ0n) is 5.24. The molecule has 2 heteroatoms. The molecule has 0 aliphatic carbocycles. The maximum Gasteiger partial charge on any atom is 0.154 e. The molecule has 0 aliphatic heterocycles. The summed E-state index contributed by atoms with van der Waals surface area (Å²) in [6.07, 6.45) is 0. The zero-order valence-corrected chi connectivity index (χ0v) is 6.00. The van der Waals surface area contributed by atoms with Gasteiger partial charge in [0.1, 0.15) is 0 Å². The van der Waals surface area contributed by atoms with Crippen molar-refractivity contribution in [2.45, 2.75) is 6.92 Å². The number of rotatable bonds is 2. The Morgan fingerprint density at radius 3 is 1.86 bits per heavy atom. The number of quaternary nitrogens is 1. The summed E-state index contributed by atoms with van der Waals surface area (Å²) in [5, 5.41) is 0. The van der Waals surface area contributed by atoms with Crippen LogP contribution in [0, 0.1) is 0 Å². The molecule has 1 nitrogen and oxygen atoms in total. The van der Waals surface area contributed by atoms with Crippen molar-refractivity contribution in [1.82, 2.24) is 0 Å². The van der Waals surface area contributed by atoms with Crippen LogP contribution in [0.2, 0.25) is 0 Å². The molecule has 0 radical (unpaired) electrons. The SMILES string of the molecule is CC[N+](C)(C)CCl. The average molecular weight is 123 g/mol. The smallest absolute Gasteiger partial charge is 0.154 e. The second-order valence-electron chi connectivity index (χ2n) is 2.37. The van der Waals surface area contributed by atoms with Crippen LogP contribution in [0.5, 0.6) is 0 Å². The van der Waals surface area contributed by atoms with E-state index in [1.165, 1.54) is 0 Å². The van der Waals surface area contributed by atoms with Crippen molar-refractivity contribution >= 4 is 11.6 Å². The van der Waals surface area contributed by atoms with Crippen molar-refractivity contribution < 1.29 is 4.48 Å². The molecule has 7 heavy (non-hydrogen) atoms. The lowest BCUT2D eigenvalue weighted by Crippen LogP contribution is -2.37. The molecule has 0 saturated carbocycles. The van der Waals surface area contributed by atoms with Gasteiger partial charge in [-0.15, -0.1) is 0 Å². The molecule has 0 fully saturated rings. The summed E-state index contributed by atoms with van der Waals surface area (Å²) in [5.74, 6) is 0. The highest BCUT2D eigenvalue weighted by Gasteiger charge is 2.06. The fourth-order valence-corrected chi connectivity index (χ4v) is 0.254. The largest absolute Gasteiger partial charge is 0.316 e. The van der Waals surface area contributed by atoms with Gasteiger partial charge in [-0.2, -0.15) is 0 Å². The van der Waals surface area contributed by atoms with Gasteiger partial charge in [-0.25, -0.2) is 0 Å². The van der Waals surface area contributed by atoms with Crippen LogP contribution in [0.15, 0.2) is 0 Å². The van der Waals surface area contributed by atoms with Gasteiger partial charge in [-0.1, -0.05) is 11.6 Å². The van der Waals surface area contributed by atoms with Gasteiger partial charge in [-0.05, 0) is 6.92 Å². The van der Waals surface area contributed by atoms with Crippen LogP contribution in [0.4, 0.5) is 0 Å². The fraction of sp³-hybridized carbons (Fsp3) is 1.00. The first-order valence-electron chi connectivity index (χ1n) is 2.50. The Morgan fingerprint density at radius 1 is 1.43 bits per heavy atom. The van der Waals surface area contributed by atoms with Gasteiger partial charge in [0.15, 0.2) is 6.00 Å². The molecule has 0 aromatic carbocycles. The van der Waals surface area contributed by atoms with Crippen molar-refractivity contribution in [3.05, 3.63) is 0 Å². The van der Waals surface area contributed by atoms with Crippen LogP contribution in [0.1, 0.15) is 6.92 Å². The first-order chi connectivity index (χ1) is 3.12. The van der Waals surface area contributed by atoms with Gasteiger partial charge in [0, 0.05) is 0 Å². The van der Waals surface area contributed by atoms with Gasteiger partial charge in [0.25, 0.3) is 0 Å². The monoisotopic (exact) mass is 122 g/mol. The van der Waals surface area contributed by atoms with E-state index in [4.69, 9.17) is 11.6 Å². The van der Waals surface area contributed by atoms with Crippen molar-refractivity contribution in [2.24, 2.45) is 0 Å². The summed E-state index contributed by atoms with van der Waals surface area (Å²) < 4.78 is 0.904. The minimum atomic E-state index is 0.705. The highest BCUT2D eigenvalue weighted by atomic mass is 35.5. The standard InChI is InChI=1S/C5H13ClN/c1-4-7(2,3)5-6/h4-5H2,1-3H3/q+1. The molecule has 0 aromatic rings. The van der Waals surface area contributed by atoms with E-state index in [0.29, 0.717) is 6.00 Å². The molecule has 0 atom stereocenters. The fourth-order valence-electron chi connectivity index (χ4n) is 0.0845. The molecular weight excluding hydrogens is 110 g/mol. The Morgan fingerprint density at radius 2 is 1.86 bits per heavy atom. The molecule has 0 aliphatic rings. The Labute approximate surface area is 50.5 Å². The van der Waals surface area contributed by atoms with Crippen LogP contribution < -0.4 is 0 Å². The van der Waals surface area contributed by atoms with E-state index in [1.54, 1.807) is 0 Å². The van der Waals surface area contributed by atoms with E-state index in [2.05, 4.69) is 21.0 Å². The number of hydrogen-bond donors (Lipinski definition) is 0. The van der Waals surface area contributed by atoms with Crippen LogP contribution in [-0.4, -0.2) is 31.1 Å². The molecular formula is C5H13ClN+. The van der Waals surface area contributed by atoms with E-state index in [1.807, 2.05) is 0 Å². The highest BCUT2D eigenvalue weighted by molar-refractivity contribution is 6.16. The molecule has 0 aromatic heterocycles. The lowest BCUT2D eigenvalue weighted by molar-refractivity contribution is -0.877. The van der Waals surface area contributed by atoms with Gasteiger partial charge in [0.2, 0.25) is 0 Å². The van der Waals surface area contributed by atoms with Crippen molar-refractivity contribution in [3.8, 4) is 0 Å². The van der Waals surface area contributed by atoms with Crippen LogP contribution in [0.3, 0.4) is 0 Å². The number of halogens is 1. The summed E-state index contributed by atoms with van der Waals surface area (Å²) in [7, 11) is 4.21. The van der Waals surface area contributed by atoms with Gasteiger partial charge < -0.3 is 4.48 Å². The number of nitrogens with zero attached hydrogens (tertiary/aromatic N) is 1. The maximum atomic E-state index is 5.57. The summed E-state index contributed by atoms with van der Waals surface area (Å²) in [5.41, 5.74) is 0. The van der Waals surface area contributed by atoms with Crippen LogP contribution >= 0.6 is 11.6 Å². The number of hydrogen-bond acceptors (Lipinski definition) is 0. The zero-order chi connectivity index (χ0) is 5.91. The minimum Gasteiger partial charge on any atom is -0.316 e. The average Bonchev–Trinajstić information content (AvgIpc) is 1.68. The predicted molar refractivity (Wildman–Crippen MR) is 33.4 cm³/mol. The molecule has 0 spiro atoms.